The molecular formula is C19H20F7N9O2. The molecule has 11 nitrogen and oxygen atoms in total. The molecule has 1 atom stereocenters. The summed E-state index contributed by atoms with van der Waals surface area (Å²) in [5.74, 6) is -11.6. The molecular weight excluding hydrogens is 519 g/mol. The second-order valence-electron chi connectivity index (χ2n) is 8.27. The van der Waals surface area contributed by atoms with Crippen LogP contribution in [0.25, 0.3) is 17.4 Å². The molecule has 37 heavy (non-hydrogen) atoms. The van der Waals surface area contributed by atoms with Crippen molar-refractivity contribution in [3.8, 4) is 11.6 Å². The Morgan fingerprint density at radius 1 is 1.11 bits per heavy atom. The summed E-state index contributed by atoms with van der Waals surface area (Å²) in [5.41, 5.74) is 5.89. The predicted octanol–water partition coefficient (Wildman–Crippen LogP) is 2.14. The van der Waals surface area contributed by atoms with Crippen molar-refractivity contribution in [3.05, 3.63) is 18.4 Å². The summed E-state index contributed by atoms with van der Waals surface area (Å²) in [6.07, 6.45) is -4.96. The molecule has 0 saturated carbocycles. The zero-order valence-electron chi connectivity index (χ0n) is 19.0. The second-order valence-corrected chi connectivity index (χ2v) is 8.27. The number of aromatic nitrogens is 5. The Hall–Kier alpha value is -3.70. The quantitative estimate of drug-likeness (QED) is 0.434. The van der Waals surface area contributed by atoms with Crippen LogP contribution in [0.5, 0.6) is 0 Å². The number of carbonyl (C=O) groups is 1. The first-order chi connectivity index (χ1) is 17.2. The smallest absolute Gasteiger partial charge is 0.459 e. The second kappa shape index (κ2) is 9.31. The summed E-state index contributed by atoms with van der Waals surface area (Å²) in [5, 5.41) is 6.88. The number of amides is 1. The highest BCUT2D eigenvalue weighted by Crippen LogP contribution is 2.46. The molecule has 0 aromatic carbocycles. The van der Waals surface area contributed by atoms with Gasteiger partial charge >= 0.3 is 18.0 Å². The molecule has 0 aliphatic carbocycles. The van der Waals surface area contributed by atoms with E-state index in [-0.39, 0.29) is 49.7 Å². The van der Waals surface area contributed by atoms with Gasteiger partial charge in [-0.15, -0.1) is 5.10 Å². The van der Waals surface area contributed by atoms with Crippen molar-refractivity contribution in [2.24, 2.45) is 0 Å². The number of halogens is 7. The van der Waals surface area contributed by atoms with Crippen LogP contribution in [0.4, 0.5) is 42.6 Å². The minimum Gasteiger partial charge on any atom is -0.461 e. The number of alkyl halides is 7. The molecule has 0 spiro atoms. The minimum absolute atomic E-state index is 0.0584. The van der Waals surface area contributed by atoms with Crippen LogP contribution in [0.2, 0.25) is 0 Å². The van der Waals surface area contributed by atoms with Gasteiger partial charge in [0.05, 0.1) is 12.8 Å². The third-order valence-electron chi connectivity index (χ3n) is 5.61. The van der Waals surface area contributed by atoms with E-state index in [1.54, 1.807) is 12.1 Å². The molecule has 0 bridgehead atoms. The fraction of sp³-hybridized carbons (Fsp3) is 0.526. The summed E-state index contributed by atoms with van der Waals surface area (Å²) in [4.78, 5) is 27.1. The Morgan fingerprint density at radius 2 is 1.78 bits per heavy atom. The molecule has 1 amide bonds. The molecule has 4 heterocycles. The minimum atomic E-state index is -6.39. The van der Waals surface area contributed by atoms with E-state index in [0.29, 0.717) is 5.76 Å². The molecule has 1 fully saturated rings. The standard InChI is InChI=1S/C19H20F7N9O2/c1-10(28-15-30-14(27)35-16(31-15)29-12(32-35)11-3-2-8-37-11)13(36)34-6-4-33(5-7-34)9-17(20,21)18(22,23)19(24,25)26/h2-3,8,10H,4-7,9H2,1H3,(H3,27,28,29,30,31,32)/t10-/m0/s1. The Morgan fingerprint density at radius 3 is 2.38 bits per heavy atom. The SMILES string of the molecule is C[C@H](Nc1nc(N)n2nc(-c3ccco3)nc2n1)C(=O)N1CCN(CC(F)(F)C(F)(F)C(F)(F)F)CC1. The van der Waals surface area contributed by atoms with Gasteiger partial charge in [-0.05, 0) is 19.1 Å². The third kappa shape index (κ3) is 5.09. The number of anilines is 2. The van der Waals surface area contributed by atoms with Gasteiger partial charge < -0.3 is 20.4 Å². The van der Waals surface area contributed by atoms with Crippen molar-refractivity contribution < 1.29 is 39.9 Å². The number of hydrogen-bond acceptors (Lipinski definition) is 9. The Balaban J connectivity index is 1.36. The van der Waals surface area contributed by atoms with Crippen molar-refractivity contribution in [2.75, 3.05) is 43.8 Å². The van der Waals surface area contributed by atoms with Crippen molar-refractivity contribution in [2.45, 2.75) is 31.0 Å². The monoisotopic (exact) mass is 539 g/mol. The van der Waals surface area contributed by atoms with Crippen LogP contribution in [-0.2, 0) is 4.79 Å². The van der Waals surface area contributed by atoms with Gasteiger partial charge in [-0.3, -0.25) is 9.69 Å². The highest BCUT2D eigenvalue weighted by molar-refractivity contribution is 5.84. The van der Waals surface area contributed by atoms with E-state index in [1.165, 1.54) is 18.1 Å². The molecule has 1 saturated heterocycles. The lowest BCUT2D eigenvalue weighted by atomic mass is 10.1. The maximum atomic E-state index is 13.7. The van der Waals surface area contributed by atoms with Crippen molar-refractivity contribution in [1.82, 2.24) is 34.4 Å². The lowest BCUT2D eigenvalue weighted by Gasteiger charge is -2.38. The number of hydrogen-bond donors (Lipinski definition) is 2. The van der Waals surface area contributed by atoms with Gasteiger partial charge in [-0.2, -0.15) is 50.2 Å². The van der Waals surface area contributed by atoms with E-state index in [4.69, 9.17) is 10.2 Å². The van der Waals surface area contributed by atoms with E-state index < -0.39 is 36.5 Å². The number of nitrogen functional groups attached to an aromatic ring is 1. The first-order valence-electron chi connectivity index (χ1n) is 10.7. The lowest BCUT2D eigenvalue weighted by molar-refractivity contribution is -0.356. The maximum absolute atomic E-state index is 13.7. The topological polar surface area (TPSA) is 131 Å². The first-order valence-corrected chi connectivity index (χ1v) is 10.7. The van der Waals surface area contributed by atoms with E-state index in [0.717, 1.165) is 9.42 Å². The molecule has 0 radical (unpaired) electrons. The summed E-state index contributed by atoms with van der Waals surface area (Å²) in [6, 6.07) is 2.33. The van der Waals surface area contributed by atoms with Gasteiger partial charge in [0.1, 0.15) is 6.04 Å². The van der Waals surface area contributed by atoms with Crippen LogP contribution in [0, 0.1) is 0 Å². The van der Waals surface area contributed by atoms with Gasteiger partial charge in [-0.25, -0.2) is 0 Å². The molecule has 3 N–H and O–H groups in total. The average molecular weight is 539 g/mol. The number of carbonyl (C=O) groups excluding carboxylic acids is 1. The molecule has 202 valence electrons. The number of nitrogens with two attached hydrogens (primary N) is 1. The number of nitrogens with zero attached hydrogens (tertiary/aromatic N) is 7. The Bertz CT molecular complexity index is 1250. The molecule has 1 aliphatic heterocycles. The van der Waals surface area contributed by atoms with Crippen LogP contribution in [0.15, 0.2) is 22.8 Å². The van der Waals surface area contributed by atoms with Crippen molar-refractivity contribution in [3.63, 3.8) is 0 Å². The number of rotatable bonds is 7. The molecule has 3 aromatic heterocycles. The first kappa shape index (κ1) is 26.4. The molecule has 3 aromatic rings. The lowest BCUT2D eigenvalue weighted by Crippen LogP contribution is -2.60. The van der Waals surface area contributed by atoms with Crippen LogP contribution in [0.1, 0.15) is 6.92 Å². The van der Waals surface area contributed by atoms with E-state index in [1.807, 2.05) is 0 Å². The highest BCUT2D eigenvalue weighted by Gasteiger charge is 2.73. The van der Waals surface area contributed by atoms with Crippen LogP contribution in [-0.4, -0.2) is 97.1 Å². The molecule has 0 unspecified atom stereocenters. The van der Waals surface area contributed by atoms with Gasteiger partial charge in [-0.1, -0.05) is 0 Å². The largest absolute Gasteiger partial charge is 0.461 e. The highest BCUT2D eigenvalue weighted by atomic mass is 19.4. The number of furan rings is 1. The Labute approximate surface area is 203 Å². The van der Waals surface area contributed by atoms with Crippen LogP contribution in [0.3, 0.4) is 0 Å². The van der Waals surface area contributed by atoms with Gasteiger partial charge in [0, 0.05) is 26.2 Å². The summed E-state index contributed by atoms with van der Waals surface area (Å²) < 4.78 is 97.2. The normalized spacial score (nSPS) is 16.8. The summed E-state index contributed by atoms with van der Waals surface area (Å²) in [6.45, 7) is -1.33. The molecule has 1 aliphatic rings. The summed E-state index contributed by atoms with van der Waals surface area (Å²) in [7, 11) is 0. The number of nitrogens with one attached hydrogen (secondary N) is 1. The van der Waals surface area contributed by atoms with Crippen molar-refractivity contribution in [1.29, 1.82) is 0 Å². The zero-order valence-corrected chi connectivity index (χ0v) is 19.0. The van der Waals surface area contributed by atoms with E-state index in [2.05, 4.69) is 25.4 Å². The molecule has 4 rings (SSSR count). The van der Waals surface area contributed by atoms with Gasteiger partial charge in [0.15, 0.2) is 5.76 Å². The van der Waals surface area contributed by atoms with Gasteiger partial charge in [0.2, 0.25) is 23.6 Å². The zero-order chi connectivity index (χ0) is 27.2. The fourth-order valence-electron chi connectivity index (χ4n) is 3.62. The number of piperazine rings is 1. The van der Waals surface area contributed by atoms with Crippen molar-refractivity contribution >= 4 is 23.6 Å². The van der Waals surface area contributed by atoms with Crippen LogP contribution >= 0.6 is 0 Å². The number of fused-ring (bicyclic) bond motifs is 1. The Kier molecular flexibility index (Phi) is 6.63. The van der Waals surface area contributed by atoms with E-state index >= 15 is 0 Å². The third-order valence-corrected chi connectivity index (χ3v) is 5.61. The average Bonchev–Trinajstić information content (AvgIpc) is 3.48. The summed E-state index contributed by atoms with van der Waals surface area (Å²) >= 11 is 0. The van der Waals surface area contributed by atoms with Crippen LogP contribution < -0.4 is 11.1 Å². The fourth-order valence-corrected chi connectivity index (χ4v) is 3.62. The van der Waals surface area contributed by atoms with E-state index in [9.17, 15) is 35.5 Å². The molecule has 18 heteroatoms. The predicted molar refractivity (Wildman–Crippen MR) is 113 cm³/mol. The maximum Gasteiger partial charge on any atom is 0.459 e. The van der Waals surface area contributed by atoms with Gasteiger partial charge in [0.25, 0.3) is 5.78 Å².